The number of hydrogen-bond acceptors (Lipinski definition) is 7. The third kappa shape index (κ3) is 3.90. The number of aliphatic hydroxyl groups is 1. The van der Waals surface area contributed by atoms with E-state index in [4.69, 9.17) is 18.9 Å². The molecule has 31 heavy (non-hydrogen) atoms. The van der Waals surface area contributed by atoms with E-state index in [0.717, 1.165) is 11.1 Å². The molecule has 8 nitrogen and oxygen atoms in total. The summed E-state index contributed by atoms with van der Waals surface area (Å²) in [5.74, 6) is 1.30. The van der Waals surface area contributed by atoms with E-state index in [1.807, 2.05) is 6.07 Å². The Morgan fingerprint density at radius 1 is 1.03 bits per heavy atom. The SMILES string of the molecule is COc1cc2c(c(OC)c1OC)-c1ccc(OC)c(=O)cc1C(N(CO)C(C)=O)CC2. The first kappa shape index (κ1) is 22.4. The summed E-state index contributed by atoms with van der Waals surface area (Å²) in [7, 11) is 6.05. The number of nitrogens with zero attached hydrogens (tertiary/aromatic N) is 1. The van der Waals surface area contributed by atoms with Gasteiger partial charge < -0.3 is 29.0 Å². The number of carbonyl (C=O) groups excluding carboxylic acids is 1. The number of fused-ring (bicyclic) bond motifs is 3. The normalized spacial score (nSPS) is 14.6. The van der Waals surface area contributed by atoms with Crippen molar-refractivity contribution in [2.75, 3.05) is 35.2 Å². The van der Waals surface area contributed by atoms with Crippen molar-refractivity contribution in [3.63, 3.8) is 0 Å². The second-order valence-electron chi connectivity index (χ2n) is 7.14. The standard InChI is InChI=1S/C23H27NO7/c1-13(26)24(12-25)17-8-6-14-10-20(29-3)22(30-4)23(31-5)21(14)15-7-9-19(28-2)18(27)11-16(15)17/h7,9-11,17,25H,6,8,12H2,1-5H3. The molecule has 8 heteroatoms. The predicted molar refractivity (Wildman–Crippen MR) is 115 cm³/mol. The van der Waals surface area contributed by atoms with Gasteiger partial charge in [-0.1, -0.05) is 6.07 Å². The first-order valence-corrected chi connectivity index (χ1v) is 9.84. The minimum atomic E-state index is -0.517. The van der Waals surface area contributed by atoms with Crippen LogP contribution in [0.15, 0.2) is 29.1 Å². The number of methoxy groups -OCH3 is 4. The fourth-order valence-corrected chi connectivity index (χ4v) is 4.19. The predicted octanol–water partition coefficient (Wildman–Crippen LogP) is 2.53. The van der Waals surface area contributed by atoms with E-state index in [1.165, 1.54) is 39.2 Å². The minimum absolute atomic E-state index is 0.172. The van der Waals surface area contributed by atoms with E-state index in [1.54, 1.807) is 19.2 Å². The van der Waals surface area contributed by atoms with Crippen molar-refractivity contribution in [3.05, 3.63) is 45.6 Å². The van der Waals surface area contributed by atoms with Gasteiger partial charge in [0.2, 0.25) is 17.1 Å². The zero-order valence-electron chi connectivity index (χ0n) is 18.4. The number of benzene rings is 1. The first-order chi connectivity index (χ1) is 14.9. The molecule has 0 saturated carbocycles. The lowest BCUT2D eigenvalue weighted by Gasteiger charge is -2.29. The Morgan fingerprint density at radius 3 is 2.26 bits per heavy atom. The summed E-state index contributed by atoms with van der Waals surface area (Å²) >= 11 is 0. The average Bonchev–Trinajstić information content (AvgIpc) is 3.01. The van der Waals surface area contributed by atoms with Gasteiger partial charge in [0.25, 0.3) is 0 Å². The number of amides is 1. The summed E-state index contributed by atoms with van der Waals surface area (Å²) in [6.07, 6.45) is 1.05. The Bertz CT molecular complexity index is 1050. The Balaban J connectivity index is 2.45. The van der Waals surface area contributed by atoms with E-state index in [2.05, 4.69) is 0 Å². The maximum Gasteiger partial charge on any atom is 0.221 e. The maximum absolute atomic E-state index is 12.8. The summed E-state index contributed by atoms with van der Waals surface area (Å²) < 4.78 is 22.0. The van der Waals surface area contributed by atoms with Crippen LogP contribution in [-0.2, 0) is 11.2 Å². The van der Waals surface area contributed by atoms with Crippen molar-refractivity contribution >= 4 is 5.91 Å². The van der Waals surface area contributed by atoms with Crippen molar-refractivity contribution in [3.8, 4) is 34.1 Å². The molecule has 166 valence electrons. The number of aryl methyl sites for hydroxylation is 1. The lowest BCUT2D eigenvalue weighted by Crippen LogP contribution is -2.34. The van der Waals surface area contributed by atoms with Crippen LogP contribution in [0, 0.1) is 0 Å². The molecule has 1 aliphatic carbocycles. The Kier molecular flexibility index (Phi) is 6.70. The van der Waals surface area contributed by atoms with Crippen molar-refractivity contribution in [1.82, 2.24) is 4.90 Å². The fourth-order valence-electron chi connectivity index (χ4n) is 4.19. The van der Waals surface area contributed by atoms with E-state index in [0.29, 0.717) is 41.2 Å². The molecule has 1 unspecified atom stereocenters. The summed E-state index contributed by atoms with van der Waals surface area (Å²) in [6.45, 7) is 0.922. The Hall–Kier alpha value is -3.26. The molecule has 1 N–H and O–H groups in total. The van der Waals surface area contributed by atoms with Crippen LogP contribution in [0.5, 0.6) is 23.0 Å². The van der Waals surface area contributed by atoms with Gasteiger partial charge in [0.05, 0.1) is 34.5 Å². The Labute approximate surface area is 180 Å². The molecule has 0 spiro atoms. The van der Waals surface area contributed by atoms with Crippen LogP contribution in [0.1, 0.15) is 30.5 Å². The molecule has 1 amide bonds. The van der Waals surface area contributed by atoms with E-state index in [9.17, 15) is 14.7 Å². The van der Waals surface area contributed by atoms with E-state index < -0.39 is 12.8 Å². The molecular weight excluding hydrogens is 402 g/mol. The van der Waals surface area contributed by atoms with Gasteiger partial charge in [-0.2, -0.15) is 0 Å². The van der Waals surface area contributed by atoms with Crippen LogP contribution in [0.25, 0.3) is 11.1 Å². The van der Waals surface area contributed by atoms with Gasteiger partial charge in [0, 0.05) is 12.5 Å². The molecule has 0 radical (unpaired) electrons. The molecule has 1 atom stereocenters. The number of rotatable bonds is 6. The molecule has 0 fully saturated rings. The van der Waals surface area contributed by atoms with Crippen LogP contribution in [0.3, 0.4) is 0 Å². The van der Waals surface area contributed by atoms with Crippen LogP contribution < -0.4 is 24.4 Å². The zero-order chi connectivity index (χ0) is 22.7. The molecule has 2 aromatic rings. The molecule has 0 heterocycles. The second kappa shape index (κ2) is 9.26. The summed E-state index contributed by atoms with van der Waals surface area (Å²) in [5, 5.41) is 9.92. The van der Waals surface area contributed by atoms with Gasteiger partial charge in [0.15, 0.2) is 17.2 Å². The highest BCUT2D eigenvalue weighted by Crippen LogP contribution is 2.50. The lowest BCUT2D eigenvalue weighted by atomic mass is 9.95. The molecule has 0 aliphatic heterocycles. The largest absolute Gasteiger partial charge is 0.493 e. The van der Waals surface area contributed by atoms with Crippen LogP contribution in [-0.4, -0.2) is 51.1 Å². The number of hydrogen-bond donors (Lipinski definition) is 1. The highest BCUT2D eigenvalue weighted by molar-refractivity contribution is 5.83. The van der Waals surface area contributed by atoms with E-state index >= 15 is 0 Å². The molecular formula is C23H27NO7. The van der Waals surface area contributed by atoms with Crippen molar-refractivity contribution in [1.29, 1.82) is 0 Å². The molecule has 2 aromatic carbocycles. The van der Waals surface area contributed by atoms with Gasteiger partial charge in [-0.25, -0.2) is 0 Å². The quantitative estimate of drug-likeness (QED) is 0.705. The first-order valence-electron chi connectivity index (χ1n) is 9.84. The molecule has 0 bridgehead atoms. The van der Waals surface area contributed by atoms with Gasteiger partial charge in [0.1, 0.15) is 6.73 Å². The summed E-state index contributed by atoms with van der Waals surface area (Å²) in [5.41, 5.74) is 2.63. The number of ether oxygens (including phenoxy) is 4. The third-order valence-electron chi connectivity index (χ3n) is 5.62. The molecule has 3 rings (SSSR count). The second-order valence-corrected chi connectivity index (χ2v) is 7.14. The van der Waals surface area contributed by atoms with Gasteiger partial charge in [-0.05, 0) is 47.7 Å². The smallest absolute Gasteiger partial charge is 0.221 e. The summed E-state index contributed by atoms with van der Waals surface area (Å²) in [6, 6.07) is 6.20. The van der Waals surface area contributed by atoms with E-state index in [-0.39, 0.29) is 17.1 Å². The minimum Gasteiger partial charge on any atom is -0.493 e. The van der Waals surface area contributed by atoms with Crippen molar-refractivity contribution in [2.24, 2.45) is 0 Å². The van der Waals surface area contributed by atoms with Gasteiger partial charge in [-0.3, -0.25) is 9.59 Å². The van der Waals surface area contributed by atoms with Crippen LogP contribution >= 0.6 is 0 Å². The van der Waals surface area contributed by atoms with Gasteiger partial charge >= 0.3 is 0 Å². The molecule has 0 saturated heterocycles. The lowest BCUT2D eigenvalue weighted by molar-refractivity contribution is -0.135. The van der Waals surface area contributed by atoms with Gasteiger partial charge in [-0.15, -0.1) is 0 Å². The fraction of sp³-hybridized carbons (Fsp3) is 0.391. The number of aliphatic hydroxyl groups excluding tert-OH is 1. The maximum atomic E-state index is 12.8. The molecule has 1 aliphatic rings. The summed E-state index contributed by atoms with van der Waals surface area (Å²) in [4.78, 5) is 26.4. The zero-order valence-corrected chi connectivity index (χ0v) is 18.4. The van der Waals surface area contributed by atoms with Crippen molar-refractivity contribution in [2.45, 2.75) is 25.8 Å². The third-order valence-corrected chi connectivity index (χ3v) is 5.62. The highest BCUT2D eigenvalue weighted by Gasteiger charge is 2.32. The molecule has 0 aromatic heterocycles. The van der Waals surface area contributed by atoms with Crippen molar-refractivity contribution < 1.29 is 28.8 Å². The van der Waals surface area contributed by atoms with Crippen LogP contribution in [0.2, 0.25) is 0 Å². The van der Waals surface area contributed by atoms with Crippen LogP contribution in [0.4, 0.5) is 0 Å². The average molecular weight is 429 g/mol. The highest BCUT2D eigenvalue weighted by atomic mass is 16.5. The topological polar surface area (TPSA) is 94.5 Å². The Morgan fingerprint density at radius 2 is 1.71 bits per heavy atom. The number of carbonyl (C=O) groups is 1. The monoisotopic (exact) mass is 429 g/mol.